The van der Waals surface area contributed by atoms with E-state index in [1.807, 2.05) is 0 Å². The fourth-order valence-corrected chi connectivity index (χ4v) is 1.22. The van der Waals surface area contributed by atoms with E-state index >= 15 is 0 Å². The van der Waals surface area contributed by atoms with E-state index in [9.17, 15) is 10.1 Å². The largest absolute Gasteiger partial charge is 0.485 e. The first-order chi connectivity index (χ1) is 5.79. The van der Waals surface area contributed by atoms with Crippen LogP contribution in [0.3, 0.4) is 0 Å². The number of rotatable bonds is 1. The van der Waals surface area contributed by atoms with Gasteiger partial charge < -0.3 is 14.9 Å². The monoisotopic (exact) mass is 166 g/mol. The molecule has 62 valence electrons. The van der Waals surface area contributed by atoms with Crippen molar-refractivity contribution >= 4 is 5.82 Å². The van der Waals surface area contributed by atoms with Crippen LogP contribution in [0, 0.1) is 10.1 Å². The molecule has 0 saturated heterocycles. The summed E-state index contributed by atoms with van der Waals surface area (Å²) in [4.78, 5) is 13.5. The Hall–Kier alpha value is -1.65. The zero-order valence-electron chi connectivity index (χ0n) is 6.19. The van der Waals surface area contributed by atoms with Crippen LogP contribution in [0.4, 0.5) is 5.82 Å². The van der Waals surface area contributed by atoms with Gasteiger partial charge in [0.2, 0.25) is 5.75 Å². The number of nitro groups is 1. The van der Waals surface area contributed by atoms with Crippen LogP contribution < -0.4 is 4.74 Å². The molecule has 5 heteroatoms. The molecule has 0 N–H and O–H groups in total. The summed E-state index contributed by atoms with van der Waals surface area (Å²) in [6.07, 6.45) is 2.17. The average molecular weight is 166 g/mol. The number of hydrogen-bond donors (Lipinski definition) is 0. The third-order valence-corrected chi connectivity index (χ3v) is 1.76. The van der Waals surface area contributed by atoms with Gasteiger partial charge in [0.05, 0.1) is 6.61 Å². The molecule has 2 heterocycles. The predicted molar refractivity (Wildman–Crippen MR) is 40.1 cm³/mol. The third kappa shape index (κ3) is 0.903. The fourth-order valence-electron chi connectivity index (χ4n) is 1.22. The smallest absolute Gasteiger partial charge is 0.406 e. The molecule has 12 heavy (non-hydrogen) atoms. The quantitative estimate of drug-likeness (QED) is 0.459. The van der Waals surface area contributed by atoms with E-state index < -0.39 is 4.92 Å². The van der Waals surface area contributed by atoms with Crippen molar-refractivity contribution in [2.45, 2.75) is 6.42 Å². The highest BCUT2D eigenvalue weighted by Gasteiger charge is 2.24. The Kier molecular flexibility index (Phi) is 1.43. The fraction of sp³-hybridized carbons (Fsp3) is 0.286. The van der Waals surface area contributed by atoms with E-state index in [1.54, 1.807) is 6.07 Å². The first-order valence-electron chi connectivity index (χ1n) is 3.54. The highest BCUT2D eigenvalue weighted by atomic mass is 16.6. The molecule has 1 aromatic rings. The maximum absolute atomic E-state index is 10.4. The first kappa shape index (κ1) is 7.02. The minimum absolute atomic E-state index is 0.176. The third-order valence-electron chi connectivity index (χ3n) is 1.76. The van der Waals surface area contributed by atoms with Crippen LogP contribution in [0.1, 0.15) is 5.56 Å². The molecule has 0 saturated carbocycles. The Morgan fingerprint density at radius 1 is 1.67 bits per heavy atom. The zero-order valence-corrected chi connectivity index (χ0v) is 6.19. The van der Waals surface area contributed by atoms with Gasteiger partial charge in [0.15, 0.2) is 0 Å². The first-order valence-corrected chi connectivity index (χ1v) is 3.54. The van der Waals surface area contributed by atoms with Crippen molar-refractivity contribution in [3.05, 3.63) is 27.9 Å². The number of pyridine rings is 1. The molecule has 0 aromatic carbocycles. The summed E-state index contributed by atoms with van der Waals surface area (Å²) in [6, 6.07) is 1.75. The maximum Gasteiger partial charge on any atom is 0.406 e. The molecule has 1 aliphatic heterocycles. The minimum atomic E-state index is -0.524. The van der Waals surface area contributed by atoms with Crippen LogP contribution in [-0.4, -0.2) is 16.5 Å². The number of aromatic nitrogens is 1. The molecular weight excluding hydrogens is 160 g/mol. The van der Waals surface area contributed by atoms with Gasteiger partial charge in [0, 0.05) is 12.0 Å². The summed E-state index contributed by atoms with van der Waals surface area (Å²) in [5.74, 6) is 0.160. The lowest BCUT2D eigenvalue weighted by atomic mass is 10.2. The number of hydrogen-bond acceptors (Lipinski definition) is 4. The van der Waals surface area contributed by atoms with Gasteiger partial charge in [0.25, 0.3) is 0 Å². The number of ether oxygens (including phenoxy) is 1. The number of fused-ring (bicyclic) bond motifs is 1. The standard InChI is InChI=1S/C7H6N2O3/c10-9(11)7-6-5(1-3-8-7)2-4-12-6/h1,3H,2,4H2. The minimum Gasteiger partial charge on any atom is -0.485 e. The molecule has 5 nitrogen and oxygen atoms in total. The van der Waals surface area contributed by atoms with Gasteiger partial charge in [-0.15, -0.1) is 0 Å². The normalized spacial score (nSPS) is 13.7. The second kappa shape index (κ2) is 2.44. The van der Waals surface area contributed by atoms with Crippen molar-refractivity contribution in [3.63, 3.8) is 0 Å². The second-order valence-electron chi connectivity index (χ2n) is 2.48. The molecule has 0 amide bonds. The molecule has 0 unspecified atom stereocenters. The van der Waals surface area contributed by atoms with Crippen molar-refractivity contribution in [2.75, 3.05) is 6.61 Å². The van der Waals surface area contributed by atoms with Crippen molar-refractivity contribution in [1.29, 1.82) is 0 Å². The van der Waals surface area contributed by atoms with Crippen molar-refractivity contribution < 1.29 is 9.66 Å². The Morgan fingerprint density at radius 3 is 3.25 bits per heavy atom. The molecular formula is C7H6N2O3. The van der Waals surface area contributed by atoms with Gasteiger partial charge in [-0.3, -0.25) is 0 Å². The second-order valence-corrected chi connectivity index (χ2v) is 2.48. The molecule has 2 rings (SSSR count). The van der Waals surface area contributed by atoms with E-state index in [2.05, 4.69) is 4.98 Å². The van der Waals surface area contributed by atoms with Crippen LogP contribution in [0.2, 0.25) is 0 Å². The Balaban J connectivity index is 2.56. The van der Waals surface area contributed by atoms with Crippen molar-refractivity contribution in [3.8, 4) is 5.75 Å². The Labute approximate surface area is 68.1 Å². The van der Waals surface area contributed by atoms with Gasteiger partial charge in [-0.2, -0.15) is 0 Å². The van der Waals surface area contributed by atoms with Gasteiger partial charge >= 0.3 is 5.82 Å². The maximum atomic E-state index is 10.4. The van der Waals surface area contributed by atoms with Crippen molar-refractivity contribution in [1.82, 2.24) is 4.98 Å². The van der Waals surface area contributed by atoms with E-state index in [1.165, 1.54) is 6.20 Å². The lowest BCUT2D eigenvalue weighted by Gasteiger charge is -1.97. The zero-order chi connectivity index (χ0) is 8.55. The SMILES string of the molecule is O=[N+]([O-])c1nccc2c1OCC2. The van der Waals surface area contributed by atoms with Crippen molar-refractivity contribution in [2.24, 2.45) is 0 Å². The molecule has 0 fully saturated rings. The molecule has 0 bridgehead atoms. The molecule has 0 aliphatic carbocycles. The topological polar surface area (TPSA) is 65.3 Å². The molecule has 0 spiro atoms. The van der Waals surface area contributed by atoms with E-state index in [0.29, 0.717) is 12.4 Å². The summed E-state index contributed by atoms with van der Waals surface area (Å²) in [5.41, 5.74) is 0.872. The molecule has 0 radical (unpaired) electrons. The summed E-state index contributed by atoms with van der Waals surface area (Å²) >= 11 is 0. The van der Waals surface area contributed by atoms with Crippen LogP contribution in [0.5, 0.6) is 5.75 Å². The van der Waals surface area contributed by atoms with Gasteiger partial charge in [-0.1, -0.05) is 0 Å². The van der Waals surface area contributed by atoms with Gasteiger partial charge in [-0.05, 0) is 16.0 Å². The molecule has 1 aromatic heterocycles. The number of nitrogens with zero attached hydrogens (tertiary/aromatic N) is 2. The summed E-state index contributed by atoms with van der Waals surface area (Å²) < 4.78 is 5.09. The summed E-state index contributed by atoms with van der Waals surface area (Å²) in [5, 5.41) is 10.4. The summed E-state index contributed by atoms with van der Waals surface area (Å²) in [6.45, 7) is 0.516. The Bertz CT molecular complexity index is 337. The van der Waals surface area contributed by atoms with E-state index in [-0.39, 0.29) is 5.82 Å². The highest BCUT2D eigenvalue weighted by Crippen LogP contribution is 2.32. The van der Waals surface area contributed by atoms with Crippen LogP contribution in [-0.2, 0) is 6.42 Å². The highest BCUT2D eigenvalue weighted by molar-refractivity contribution is 5.48. The molecule has 0 atom stereocenters. The predicted octanol–water partition coefficient (Wildman–Crippen LogP) is 0.925. The van der Waals surface area contributed by atoms with E-state index in [0.717, 1.165) is 12.0 Å². The van der Waals surface area contributed by atoms with Crippen LogP contribution in [0.15, 0.2) is 12.3 Å². The summed E-state index contributed by atoms with van der Waals surface area (Å²) in [7, 11) is 0. The lowest BCUT2D eigenvalue weighted by molar-refractivity contribution is -0.390. The lowest BCUT2D eigenvalue weighted by Crippen LogP contribution is -1.95. The van der Waals surface area contributed by atoms with Gasteiger partial charge in [0.1, 0.15) is 6.20 Å². The van der Waals surface area contributed by atoms with Crippen LogP contribution >= 0.6 is 0 Å². The van der Waals surface area contributed by atoms with Crippen LogP contribution in [0.25, 0.3) is 0 Å². The van der Waals surface area contributed by atoms with Gasteiger partial charge in [-0.25, -0.2) is 0 Å². The van der Waals surface area contributed by atoms with E-state index in [4.69, 9.17) is 4.74 Å². The molecule has 1 aliphatic rings. The Morgan fingerprint density at radius 2 is 2.50 bits per heavy atom. The average Bonchev–Trinajstić information content (AvgIpc) is 2.49.